The van der Waals surface area contributed by atoms with Crippen LogP contribution in [0.3, 0.4) is 0 Å². The Kier molecular flexibility index (Phi) is 7.98. The van der Waals surface area contributed by atoms with Crippen molar-refractivity contribution < 1.29 is 25.7 Å². The molecule has 4 heteroatoms. The van der Waals surface area contributed by atoms with Gasteiger partial charge in [-0.3, -0.25) is 9.55 Å². The van der Waals surface area contributed by atoms with Crippen molar-refractivity contribution in [1.82, 2.24) is 14.5 Å². The van der Waals surface area contributed by atoms with Gasteiger partial charge in [-0.05, 0) is 133 Å². The monoisotopic (exact) mass is 873 g/mol. The zero-order chi connectivity index (χ0) is 59.3. The van der Waals surface area contributed by atoms with Gasteiger partial charge in [0.1, 0.15) is 11.6 Å². The highest BCUT2D eigenvalue weighted by molar-refractivity contribution is 5.98. The highest BCUT2D eigenvalue weighted by atomic mass is 16.3. The van der Waals surface area contributed by atoms with E-state index in [-0.39, 0.29) is 28.7 Å². The number of phenolic OH excluding ortho intramolecular Hbond substituents is 1. The van der Waals surface area contributed by atoms with Gasteiger partial charge in [-0.2, -0.15) is 0 Å². The van der Waals surface area contributed by atoms with Gasteiger partial charge in [0, 0.05) is 35.2 Å². The molecule has 0 aliphatic rings. The first kappa shape index (κ1) is 30.0. The molecule has 65 heavy (non-hydrogen) atoms. The second kappa shape index (κ2) is 17.3. The Morgan fingerprint density at radius 1 is 0.631 bits per heavy atom. The zero-order valence-electron chi connectivity index (χ0n) is 54.0. The molecule has 2 heterocycles. The Balaban J connectivity index is 1.45. The SMILES string of the molecule is [2H]c1cc(-c2c([2H])c([2H])nc(-c3cc(-c4cccc5c4nc(-c4cc(C(C)C)cc(C(C)C)c4O)n5-c4ccc(C(C)(C)CC)cc4-c4ccccc4)cc(C(C)(C)C)c3)c2[2H])c([2H])c([2H])c1C(C([2H])([2H])[2H])(C([2H])([2H])[2H])C([2H])([2H])[2H]. The number of rotatable bonds is 10. The minimum atomic E-state index is -3.83. The molecule has 0 spiro atoms. The van der Waals surface area contributed by atoms with E-state index < -0.39 is 84.5 Å². The molecule has 0 atom stereocenters. The van der Waals surface area contributed by atoms with E-state index in [1.54, 1.807) is 6.07 Å². The molecule has 0 unspecified atom stereocenters. The second-order valence-corrected chi connectivity index (χ2v) is 19.4. The molecule has 2 aromatic heterocycles. The molecule has 8 rings (SSSR count). The Hall–Kier alpha value is -6.26. The van der Waals surface area contributed by atoms with Crippen molar-refractivity contribution in [3.8, 4) is 67.5 Å². The minimum absolute atomic E-state index is 0.0295. The van der Waals surface area contributed by atoms with Crippen molar-refractivity contribution in [1.29, 1.82) is 0 Å². The summed E-state index contributed by atoms with van der Waals surface area (Å²) in [5.74, 6) is 0.695. The average molecular weight is 873 g/mol. The Morgan fingerprint density at radius 2 is 1.38 bits per heavy atom. The number of imidazole rings is 1. The van der Waals surface area contributed by atoms with Crippen LogP contribution in [0.2, 0.25) is 0 Å². The van der Waals surface area contributed by atoms with Gasteiger partial charge in [-0.25, -0.2) is 4.98 Å². The maximum absolute atomic E-state index is 12.4. The van der Waals surface area contributed by atoms with E-state index in [1.807, 2.05) is 89.2 Å². The molecule has 0 fully saturated rings. The molecule has 0 bridgehead atoms. The molecule has 1 N–H and O–H groups in total. The van der Waals surface area contributed by atoms with Crippen LogP contribution in [-0.4, -0.2) is 19.6 Å². The molecule has 332 valence electrons. The van der Waals surface area contributed by atoms with Crippen LogP contribution >= 0.6 is 0 Å². The summed E-state index contributed by atoms with van der Waals surface area (Å²) in [5, 5.41) is 12.4. The fraction of sp³-hybridized carbons (Fsp3) is 0.311. The van der Waals surface area contributed by atoms with E-state index in [1.165, 1.54) is 0 Å². The summed E-state index contributed by atoms with van der Waals surface area (Å²) < 4.78 is 132. The van der Waals surface area contributed by atoms with Crippen LogP contribution in [0.25, 0.3) is 72.7 Å². The maximum atomic E-state index is 12.4. The zero-order valence-corrected chi connectivity index (χ0v) is 39.0. The van der Waals surface area contributed by atoms with Crippen molar-refractivity contribution in [2.45, 2.75) is 124 Å². The number of hydrogen-bond donors (Lipinski definition) is 1. The van der Waals surface area contributed by atoms with E-state index in [2.05, 4.69) is 80.6 Å². The summed E-state index contributed by atoms with van der Waals surface area (Å²) in [4.78, 5) is 10.0. The smallest absolute Gasteiger partial charge is 0.149 e. The molecule has 8 aromatic rings. The highest BCUT2D eigenvalue weighted by Crippen LogP contribution is 2.45. The summed E-state index contributed by atoms with van der Waals surface area (Å²) in [6.45, 7) is 9.48. The van der Waals surface area contributed by atoms with E-state index >= 15 is 0 Å². The fourth-order valence-electron chi connectivity index (χ4n) is 8.21. The number of fused-ring (bicyclic) bond motifs is 1. The molecule has 6 aromatic carbocycles. The maximum Gasteiger partial charge on any atom is 0.149 e. The van der Waals surface area contributed by atoms with Crippen molar-refractivity contribution in [2.75, 3.05) is 0 Å². The molecular weight excluding hydrogens is 791 g/mol. The topological polar surface area (TPSA) is 50.9 Å². The van der Waals surface area contributed by atoms with E-state index in [0.29, 0.717) is 33.6 Å². The van der Waals surface area contributed by atoms with Gasteiger partial charge >= 0.3 is 0 Å². The second-order valence-electron chi connectivity index (χ2n) is 19.4. The van der Waals surface area contributed by atoms with Gasteiger partial charge in [-0.15, -0.1) is 0 Å². The number of hydrogen-bond acceptors (Lipinski definition) is 3. The summed E-state index contributed by atoms with van der Waals surface area (Å²) in [5.41, 5.74) is 3.26. The van der Waals surface area contributed by atoms with Crippen LogP contribution in [0, 0.1) is 0 Å². The number of pyridine rings is 1. The van der Waals surface area contributed by atoms with Gasteiger partial charge in [0.25, 0.3) is 0 Å². The van der Waals surface area contributed by atoms with Crippen LogP contribution in [0.15, 0.2) is 140 Å². The fourth-order valence-corrected chi connectivity index (χ4v) is 8.21. The summed E-state index contributed by atoms with van der Waals surface area (Å²) in [7, 11) is 0. The third kappa shape index (κ3) is 8.93. The van der Waals surface area contributed by atoms with Crippen molar-refractivity contribution in [3.63, 3.8) is 0 Å². The Labute approximate surface area is 409 Å². The first-order valence-corrected chi connectivity index (χ1v) is 22.3. The molecule has 0 aliphatic heterocycles. The van der Waals surface area contributed by atoms with E-state index in [9.17, 15) is 7.85 Å². The van der Waals surface area contributed by atoms with Crippen LogP contribution < -0.4 is 0 Å². The summed E-state index contributed by atoms with van der Waals surface area (Å²) in [6, 6.07) is 28.7. The quantitative estimate of drug-likeness (QED) is 0.149. The number of aromatic nitrogens is 3. The molecule has 0 radical (unpaired) electrons. The first-order chi connectivity index (χ1) is 37.0. The van der Waals surface area contributed by atoms with Gasteiger partial charge < -0.3 is 5.11 Å². The van der Waals surface area contributed by atoms with Gasteiger partial charge in [0.05, 0.1) is 36.2 Å². The lowest BCUT2D eigenvalue weighted by molar-refractivity contribution is 0.466. The number of aromatic hydroxyl groups is 1. The first-order valence-electron chi connectivity index (χ1n) is 29.8. The van der Waals surface area contributed by atoms with Gasteiger partial charge in [0.2, 0.25) is 0 Å². The number of nitrogens with zero attached hydrogens (tertiary/aromatic N) is 3. The third-order valence-corrected chi connectivity index (χ3v) is 12.7. The lowest BCUT2D eigenvalue weighted by Gasteiger charge is -2.26. The Morgan fingerprint density at radius 3 is 2.08 bits per heavy atom. The number of phenols is 1. The normalized spacial score (nSPS) is 16.4. The molecule has 0 saturated heterocycles. The van der Waals surface area contributed by atoms with Crippen LogP contribution in [0.5, 0.6) is 5.75 Å². The minimum Gasteiger partial charge on any atom is -0.507 e. The summed E-state index contributed by atoms with van der Waals surface area (Å²) in [6.07, 6.45) is 0.255. The Bertz CT molecular complexity index is 3680. The van der Waals surface area contributed by atoms with Crippen LogP contribution in [-0.2, 0) is 16.2 Å². The largest absolute Gasteiger partial charge is 0.507 e. The lowest BCUT2D eigenvalue weighted by Crippen LogP contribution is -2.16. The molecular formula is C61H67N3O. The molecule has 0 amide bonds. The predicted octanol–water partition coefficient (Wildman–Crippen LogP) is 17.0. The van der Waals surface area contributed by atoms with E-state index in [0.717, 1.165) is 57.1 Å². The summed E-state index contributed by atoms with van der Waals surface area (Å²) >= 11 is 0. The lowest BCUT2D eigenvalue weighted by atomic mass is 9.81. The molecule has 4 nitrogen and oxygen atoms in total. The predicted molar refractivity (Wildman–Crippen MR) is 277 cm³/mol. The third-order valence-electron chi connectivity index (χ3n) is 12.7. The standard InChI is InChI=1S/C61H67N3O/c1-14-61(12,13)47-27-28-54(51(37-47)41-19-16-15-17-20-41)64-55-22-18-21-49(56(55)63-58(64)52-35-43(38(2)3)34-50(39(4)5)57(52)65)44-31-45(33-48(32-44)60(9,10)11)53-36-42(29-30-62-53)40-23-25-46(26-24-40)59(6,7)8/h15-39,65H,14H2,1-13H3/i6D3,7D3,8D3,23D,25D,26D,29D,30D,36D. The van der Waals surface area contributed by atoms with Gasteiger partial charge in [0.15, 0.2) is 0 Å². The molecule has 0 saturated carbocycles. The average Bonchev–Trinajstić information content (AvgIpc) is 3.84. The number of benzene rings is 6. The van der Waals surface area contributed by atoms with Crippen molar-refractivity contribution in [2.24, 2.45) is 0 Å². The highest BCUT2D eigenvalue weighted by Gasteiger charge is 2.27. The van der Waals surface area contributed by atoms with E-state index in [4.69, 9.17) is 22.8 Å². The number of para-hydroxylation sites is 1. The van der Waals surface area contributed by atoms with Crippen LogP contribution in [0.1, 0.15) is 156 Å². The molecule has 0 aliphatic carbocycles. The van der Waals surface area contributed by atoms with Gasteiger partial charge in [-0.1, -0.05) is 175 Å². The van der Waals surface area contributed by atoms with Crippen molar-refractivity contribution >= 4 is 11.0 Å². The van der Waals surface area contributed by atoms with Crippen LogP contribution in [0.4, 0.5) is 0 Å². The van der Waals surface area contributed by atoms with Crippen molar-refractivity contribution in [3.05, 3.63) is 167 Å².